The number of hydrogen-bond donors (Lipinski definition) is 0. The van der Waals surface area contributed by atoms with Crippen molar-refractivity contribution in [2.24, 2.45) is 0 Å². The molecule has 84 valence electrons. The molecule has 0 bridgehead atoms. The van der Waals surface area contributed by atoms with Crippen molar-refractivity contribution in [2.75, 3.05) is 0 Å². The molecule has 0 unspecified atom stereocenters. The van der Waals surface area contributed by atoms with Crippen molar-refractivity contribution in [1.29, 1.82) is 0 Å². The zero-order chi connectivity index (χ0) is 11.3. The molecule has 15 heavy (non-hydrogen) atoms. The average molecular weight is 273 g/mol. The Hall–Kier alpha value is -0.570. The molecule has 1 aliphatic rings. The second-order valence-corrected chi connectivity index (χ2v) is 4.23. The summed E-state index contributed by atoms with van der Waals surface area (Å²) in [7, 11) is 0. The van der Waals surface area contributed by atoms with Crippen molar-refractivity contribution in [3.8, 4) is 0 Å². The van der Waals surface area contributed by atoms with Gasteiger partial charge in [0, 0.05) is 16.1 Å². The molecule has 0 spiro atoms. The van der Waals surface area contributed by atoms with Crippen molar-refractivity contribution in [2.45, 2.75) is 46.0 Å². The normalized spacial score (nSPS) is 18.9. The molecule has 0 amide bonds. The summed E-state index contributed by atoms with van der Waals surface area (Å²) in [4.78, 5) is 13.0. The van der Waals surface area contributed by atoms with Gasteiger partial charge in [0.15, 0.2) is 0 Å². The third kappa shape index (κ3) is 3.20. The summed E-state index contributed by atoms with van der Waals surface area (Å²) >= 11 is 3.22. The van der Waals surface area contributed by atoms with Gasteiger partial charge in [0.1, 0.15) is 5.76 Å². The van der Waals surface area contributed by atoms with Gasteiger partial charge in [-0.3, -0.25) is 0 Å². The summed E-state index contributed by atoms with van der Waals surface area (Å²) in [5.74, 6) is 0.486. The molecule has 3 heteroatoms. The lowest BCUT2D eigenvalue weighted by Crippen LogP contribution is -1.94. The van der Waals surface area contributed by atoms with Crippen molar-refractivity contribution < 1.29 is 9.53 Å². The summed E-state index contributed by atoms with van der Waals surface area (Å²) in [5.41, 5.74) is 1.82. The second-order valence-electron chi connectivity index (χ2n) is 3.78. The lowest BCUT2D eigenvalue weighted by Gasteiger charge is -2.03. The van der Waals surface area contributed by atoms with Crippen LogP contribution in [0.15, 0.2) is 21.9 Å². The Morgan fingerprint density at radius 2 is 2.07 bits per heavy atom. The van der Waals surface area contributed by atoms with Gasteiger partial charge in [0.05, 0.1) is 0 Å². The molecule has 0 aromatic heterocycles. The Labute approximate surface area is 99.5 Å². The second kappa shape index (κ2) is 6.11. The molecule has 1 rings (SSSR count). The third-order valence-corrected chi connectivity index (χ3v) is 3.05. The van der Waals surface area contributed by atoms with Crippen LogP contribution in [0.3, 0.4) is 0 Å². The number of ether oxygens (including phenoxy) is 1. The molecule has 0 aromatic carbocycles. The molecule has 0 aliphatic carbocycles. The van der Waals surface area contributed by atoms with Gasteiger partial charge in [-0.1, -0.05) is 42.1 Å². The summed E-state index contributed by atoms with van der Waals surface area (Å²) in [6.45, 7) is 4.03. The van der Waals surface area contributed by atoms with Crippen molar-refractivity contribution in [1.82, 2.24) is 0 Å². The van der Waals surface area contributed by atoms with Crippen LogP contribution in [0.5, 0.6) is 0 Å². The largest absolute Gasteiger partial charge is 0.422 e. The Balaban J connectivity index is 2.54. The highest BCUT2D eigenvalue weighted by molar-refractivity contribution is 9.11. The quantitative estimate of drug-likeness (QED) is 0.557. The standard InChI is InChI=1S/C12H17BrO2/c1-3-4-5-6-7-10-9(2)12(14)15-11(10)8-13/h8H,3-7H2,1-2H3/b11-8-. The Morgan fingerprint density at radius 1 is 1.33 bits per heavy atom. The van der Waals surface area contributed by atoms with Gasteiger partial charge in [-0.05, 0) is 19.8 Å². The first-order chi connectivity index (χ1) is 7.20. The fourth-order valence-corrected chi connectivity index (χ4v) is 2.04. The smallest absolute Gasteiger partial charge is 0.339 e. The van der Waals surface area contributed by atoms with Crippen LogP contribution in [0.4, 0.5) is 0 Å². The van der Waals surface area contributed by atoms with E-state index in [1.807, 2.05) is 6.92 Å². The van der Waals surface area contributed by atoms with E-state index in [2.05, 4.69) is 22.9 Å². The number of unbranched alkanes of at least 4 members (excludes halogenated alkanes) is 3. The van der Waals surface area contributed by atoms with Crippen molar-refractivity contribution >= 4 is 21.9 Å². The topological polar surface area (TPSA) is 26.3 Å². The van der Waals surface area contributed by atoms with Crippen molar-refractivity contribution in [3.63, 3.8) is 0 Å². The van der Waals surface area contributed by atoms with Gasteiger partial charge < -0.3 is 4.74 Å². The molecular weight excluding hydrogens is 256 g/mol. The Bertz CT molecular complexity index is 303. The lowest BCUT2D eigenvalue weighted by atomic mass is 10.0. The van der Waals surface area contributed by atoms with Gasteiger partial charge in [-0.25, -0.2) is 4.79 Å². The predicted octanol–water partition coefficient (Wildman–Crippen LogP) is 4.07. The van der Waals surface area contributed by atoms with Gasteiger partial charge in [-0.15, -0.1) is 0 Å². The molecule has 0 fully saturated rings. The summed E-state index contributed by atoms with van der Waals surface area (Å²) < 4.78 is 5.09. The SMILES string of the molecule is CCCCCCC1=C(C)C(=O)O/C1=C\Br. The van der Waals surface area contributed by atoms with Crippen LogP contribution in [0.1, 0.15) is 46.0 Å². The molecule has 0 radical (unpaired) electrons. The van der Waals surface area contributed by atoms with Crippen LogP contribution < -0.4 is 0 Å². The minimum Gasteiger partial charge on any atom is -0.422 e. The van der Waals surface area contributed by atoms with Crippen LogP contribution >= 0.6 is 15.9 Å². The summed E-state index contributed by atoms with van der Waals surface area (Å²) in [5, 5.41) is 0. The third-order valence-electron chi connectivity index (χ3n) is 2.64. The van der Waals surface area contributed by atoms with Crippen LogP contribution in [-0.2, 0) is 9.53 Å². The Morgan fingerprint density at radius 3 is 2.67 bits per heavy atom. The molecule has 0 saturated carbocycles. The minimum absolute atomic E-state index is 0.203. The van der Waals surface area contributed by atoms with Gasteiger partial charge >= 0.3 is 5.97 Å². The predicted molar refractivity (Wildman–Crippen MR) is 64.6 cm³/mol. The maximum Gasteiger partial charge on any atom is 0.339 e. The molecule has 2 nitrogen and oxygen atoms in total. The number of hydrogen-bond acceptors (Lipinski definition) is 2. The fraction of sp³-hybridized carbons (Fsp3) is 0.583. The minimum atomic E-state index is -0.203. The first-order valence-corrected chi connectivity index (χ1v) is 6.35. The number of esters is 1. The monoisotopic (exact) mass is 272 g/mol. The van der Waals surface area contributed by atoms with E-state index in [1.54, 1.807) is 4.99 Å². The first-order valence-electron chi connectivity index (χ1n) is 5.43. The Kier molecular flexibility index (Phi) is 5.09. The van der Waals surface area contributed by atoms with E-state index in [9.17, 15) is 4.79 Å². The van der Waals surface area contributed by atoms with Crippen LogP contribution in [-0.4, -0.2) is 5.97 Å². The molecule has 0 N–H and O–H groups in total. The first kappa shape index (κ1) is 12.5. The van der Waals surface area contributed by atoms with Crippen LogP contribution in [0.25, 0.3) is 0 Å². The summed E-state index contributed by atoms with van der Waals surface area (Å²) in [6, 6.07) is 0. The highest BCUT2D eigenvalue weighted by Gasteiger charge is 2.25. The van der Waals surface area contributed by atoms with Gasteiger partial charge in [0.2, 0.25) is 0 Å². The van der Waals surface area contributed by atoms with E-state index in [0.717, 1.165) is 24.0 Å². The zero-order valence-corrected chi connectivity index (χ0v) is 10.9. The van der Waals surface area contributed by atoms with E-state index in [4.69, 9.17) is 4.74 Å². The summed E-state index contributed by atoms with van der Waals surface area (Å²) in [6.07, 6.45) is 5.77. The number of cyclic esters (lactones) is 1. The maximum atomic E-state index is 11.3. The van der Waals surface area contributed by atoms with E-state index in [0.29, 0.717) is 5.76 Å². The van der Waals surface area contributed by atoms with E-state index in [-0.39, 0.29) is 5.97 Å². The lowest BCUT2D eigenvalue weighted by molar-refractivity contribution is -0.133. The van der Waals surface area contributed by atoms with Crippen LogP contribution in [0, 0.1) is 0 Å². The molecule has 1 aliphatic heterocycles. The average Bonchev–Trinajstić information content (AvgIpc) is 2.51. The molecular formula is C12H17BrO2. The number of allylic oxidation sites excluding steroid dienone is 1. The molecule has 1 heterocycles. The van der Waals surface area contributed by atoms with E-state index >= 15 is 0 Å². The number of carbonyl (C=O) groups excluding carboxylic acids is 1. The number of carbonyl (C=O) groups is 1. The van der Waals surface area contributed by atoms with Crippen molar-refractivity contribution in [3.05, 3.63) is 21.9 Å². The maximum absolute atomic E-state index is 11.3. The van der Waals surface area contributed by atoms with E-state index in [1.165, 1.54) is 19.3 Å². The molecule has 0 saturated heterocycles. The highest BCUT2D eigenvalue weighted by Crippen LogP contribution is 2.30. The van der Waals surface area contributed by atoms with Gasteiger partial charge in [0.25, 0.3) is 0 Å². The van der Waals surface area contributed by atoms with E-state index < -0.39 is 0 Å². The number of rotatable bonds is 5. The highest BCUT2D eigenvalue weighted by atomic mass is 79.9. The fourth-order valence-electron chi connectivity index (χ4n) is 1.67. The zero-order valence-electron chi connectivity index (χ0n) is 9.31. The van der Waals surface area contributed by atoms with Gasteiger partial charge in [-0.2, -0.15) is 0 Å². The number of halogens is 1. The van der Waals surface area contributed by atoms with Crippen LogP contribution in [0.2, 0.25) is 0 Å². The molecule has 0 aromatic rings. The molecule has 0 atom stereocenters.